The topological polar surface area (TPSA) is 38.8 Å². The van der Waals surface area contributed by atoms with Crippen molar-refractivity contribution in [3.05, 3.63) is 29.3 Å². The molecule has 0 spiro atoms. The summed E-state index contributed by atoms with van der Waals surface area (Å²) in [7, 11) is 0. The van der Waals surface area contributed by atoms with Gasteiger partial charge >= 0.3 is 0 Å². The first-order chi connectivity index (χ1) is 8.91. The summed E-state index contributed by atoms with van der Waals surface area (Å²) in [6.07, 6.45) is 0.850. The molecule has 2 rings (SSSR count). The van der Waals surface area contributed by atoms with Crippen LogP contribution in [0.1, 0.15) is 49.5 Å². The summed E-state index contributed by atoms with van der Waals surface area (Å²) in [5.41, 5.74) is 2.51. The Bertz CT molecular complexity index is 458. The normalized spacial score (nSPS) is 18.7. The molecule has 0 aromatic heterocycles. The Morgan fingerprint density at radius 3 is 2.37 bits per heavy atom. The van der Waals surface area contributed by atoms with Gasteiger partial charge in [0.05, 0.1) is 18.9 Å². The molecule has 1 aliphatic heterocycles. The van der Waals surface area contributed by atoms with Crippen LogP contribution in [0, 0.1) is 5.41 Å². The van der Waals surface area contributed by atoms with Gasteiger partial charge in [-0.1, -0.05) is 27.7 Å². The highest BCUT2D eigenvalue weighted by atomic mass is 17.0. The molecular weight excluding hydrogens is 242 g/mol. The van der Waals surface area contributed by atoms with E-state index in [-0.39, 0.29) is 5.41 Å². The monoisotopic (exact) mass is 263 g/mol. The SMILES string of the molecule is CC(C)c1cc(C=O)cc(N2OCC(C)(C)CO2)c1. The van der Waals surface area contributed by atoms with E-state index in [2.05, 4.69) is 27.7 Å². The van der Waals surface area contributed by atoms with Crippen molar-refractivity contribution in [2.24, 2.45) is 5.41 Å². The maximum absolute atomic E-state index is 11.0. The third-order valence-corrected chi connectivity index (χ3v) is 3.12. The van der Waals surface area contributed by atoms with Gasteiger partial charge in [-0.2, -0.15) is 0 Å². The Morgan fingerprint density at radius 1 is 1.21 bits per heavy atom. The summed E-state index contributed by atoms with van der Waals surface area (Å²) in [5.74, 6) is 0.347. The Balaban J connectivity index is 2.24. The molecule has 19 heavy (non-hydrogen) atoms. The van der Waals surface area contributed by atoms with E-state index in [1.807, 2.05) is 12.1 Å². The number of benzene rings is 1. The summed E-state index contributed by atoms with van der Waals surface area (Å²) in [6.45, 7) is 9.55. The molecule has 0 radical (unpaired) electrons. The van der Waals surface area contributed by atoms with Crippen LogP contribution in [0.5, 0.6) is 0 Å². The van der Waals surface area contributed by atoms with Gasteiger partial charge in [-0.25, -0.2) is 9.68 Å². The largest absolute Gasteiger partial charge is 0.298 e. The van der Waals surface area contributed by atoms with Gasteiger partial charge in [0, 0.05) is 11.0 Å². The molecule has 0 saturated carbocycles. The van der Waals surface area contributed by atoms with E-state index in [0.29, 0.717) is 24.7 Å². The van der Waals surface area contributed by atoms with Crippen molar-refractivity contribution in [3.8, 4) is 0 Å². The molecule has 0 N–H and O–H groups in total. The number of anilines is 1. The first-order valence-corrected chi connectivity index (χ1v) is 6.57. The standard InChI is InChI=1S/C15H21NO3/c1-11(2)13-5-12(8-17)6-14(7-13)16-18-9-15(3,4)10-19-16/h5-8,11H,9-10H2,1-4H3. The highest BCUT2D eigenvalue weighted by Crippen LogP contribution is 2.29. The zero-order valence-corrected chi connectivity index (χ0v) is 12.0. The quantitative estimate of drug-likeness (QED) is 0.784. The number of carbonyl (C=O) groups is 1. The molecule has 1 aromatic carbocycles. The predicted octanol–water partition coefficient (Wildman–Crippen LogP) is 3.33. The Kier molecular flexibility index (Phi) is 3.92. The maximum Gasteiger partial charge on any atom is 0.150 e. The van der Waals surface area contributed by atoms with Crippen molar-refractivity contribution in [1.82, 2.24) is 0 Å². The van der Waals surface area contributed by atoms with Gasteiger partial charge in [-0.3, -0.25) is 4.79 Å². The molecule has 0 amide bonds. The van der Waals surface area contributed by atoms with Crippen LogP contribution in [0.15, 0.2) is 18.2 Å². The van der Waals surface area contributed by atoms with Gasteiger partial charge in [-0.05, 0) is 29.7 Å². The van der Waals surface area contributed by atoms with Crippen molar-refractivity contribution >= 4 is 12.0 Å². The van der Waals surface area contributed by atoms with Crippen molar-refractivity contribution in [1.29, 1.82) is 0 Å². The number of nitrogens with zero attached hydrogens (tertiary/aromatic N) is 1. The van der Waals surface area contributed by atoms with Gasteiger partial charge in [-0.15, -0.1) is 5.23 Å². The second-order valence-corrected chi connectivity index (χ2v) is 6.10. The Labute approximate surface area is 114 Å². The van der Waals surface area contributed by atoms with Crippen LogP contribution in [0.25, 0.3) is 0 Å². The Hall–Kier alpha value is -1.39. The zero-order chi connectivity index (χ0) is 14.0. The molecule has 1 saturated heterocycles. The number of rotatable bonds is 3. The third kappa shape index (κ3) is 3.33. The summed E-state index contributed by atoms with van der Waals surface area (Å²) < 4.78 is 0. The van der Waals surface area contributed by atoms with E-state index in [0.717, 1.165) is 17.5 Å². The molecule has 0 aliphatic carbocycles. The van der Waals surface area contributed by atoms with Crippen LogP contribution in [0.2, 0.25) is 0 Å². The smallest absolute Gasteiger partial charge is 0.150 e. The minimum Gasteiger partial charge on any atom is -0.298 e. The summed E-state index contributed by atoms with van der Waals surface area (Å²) in [5, 5.41) is 1.42. The fourth-order valence-corrected chi connectivity index (χ4v) is 1.86. The second-order valence-electron chi connectivity index (χ2n) is 6.10. The van der Waals surface area contributed by atoms with E-state index in [1.165, 1.54) is 5.23 Å². The lowest BCUT2D eigenvalue weighted by molar-refractivity contribution is -0.180. The van der Waals surface area contributed by atoms with Gasteiger partial charge < -0.3 is 0 Å². The van der Waals surface area contributed by atoms with E-state index in [9.17, 15) is 4.79 Å². The lowest BCUT2D eigenvalue weighted by Gasteiger charge is -2.36. The van der Waals surface area contributed by atoms with Crippen molar-refractivity contribution in [2.45, 2.75) is 33.6 Å². The molecular formula is C15H21NO3. The highest BCUT2D eigenvalue weighted by Gasteiger charge is 2.28. The minimum absolute atomic E-state index is 0.0135. The van der Waals surface area contributed by atoms with Gasteiger partial charge in [0.2, 0.25) is 0 Å². The van der Waals surface area contributed by atoms with Gasteiger partial charge in [0.1, 0.15) is 6.29 Å². The first kappa shape index (κ1) is 14.0. The number of carbonyl (C=O) groups excluding carboxylic acids is 1. The summed E-state index contributed by atoms with van der Waals surface area (Å²) in [4.78, 5) is 22.2. The lowest BCUT2D eigenvalue weighted by atomic mass is 9.96. The van der Waals surface area contributed by atoms with Crippen LogP contribution in [-0.4, -0.2) is 19.5 Å². The fourth-order valence-electron chi connectivity index (χ4n) is 1.86. The van der Waals surface area contributed by atoms with Crippen molar-refractivity contribution in [3.63, 3.8) is 0 Å². The van der Waals surface area contributed by atoms with Gasteiger partial charge in [0.25, 0.3) is 0 Å². The minimum atomic E-state index is 0.0135. The fraction of sp³-hybridized carbons (Fsp3) is 0.533. The molecule has 1 aliphatic rings. The third-order valence-electron chi connectivity index (χ3n) is 3.12. The van der Waals surface area contributed by atoms with Crippen LogP contribution in [0.3, 0.4) is 0 Å². The average molecular weight is 263 g/mol. The van der Waals surface area contributed by atoms with E-state index in [4.69, 9.17) is 9.68 Å². The van der Waals surface area contributed by atoms with Crippen molar-refractivity contribution < 1.29 is 14.5 Å². The lowest BCUT2D eigenvalue weighted by Crippen LogP contribution is -2.41. The summed E-state index contributed by atoms with van der Waals surface area (Å²) in [6, 6.07) is 5.67. The predicted molar refractivity (Wildman–Crippen MR) is 74.1 cm³/mol. The molecule has 0 bridgehead atoms. The highest BCUT2D eigenvalue weighted by molar-refractivity contribution is 5.77. The van der Waals surface area contributed by atoms with E-state index >= 15 is 0 Å². The molecule has 4 heteroatoms. The molecule has 1 fully saturated rings. The molecule has 1 heterocycles. The first-order valence-electron chi connectivity index (χ1n) is 6.57. The summed E-state index contributed by atoms with van der Waals surface area (Å²) >= 11 is 0. The van der Waals surface area contributed by atoms with Crippen LogP contribution in [0.4, 0.5) is 5.69 Å². The molecule has 104 valence electrons. The molecule has 1 aromatic rings. The average Bonchev–Trinajstić information content (AvgIpc) is 2.38. The number of hydrogen-bond acceptors (Lipinski definition) is 4. The van der Waals surface area contributed by atoms with Crippen LogP contribution in [-0.2, 0) is 9.68 Å². The zero-order valence-electron chi connectivity index (χ0n) is 12.0. The number of hydrogen-bond donors (Lipinski definition) is 0. The van der Waals surface area contributed by atoms with Crippen molar-refractivity contribution in [2.75, 3.05) is 18.4 Å². The van der Waals surface area contributed by atoms with Gasteiger partial charge in [0.15, 0.2) is 0 Å². The molecule has 0 atom stereocenters. The molecule has 0 unspecified atom stereocenters. The maximum atomic E-state index is 11.0. The van der Waals surface area contributed by atoms with Crippen LogP contribution < -0.4 is 5.23 Å². The Morgan fingerprint density at radius 2 is 1.84 bits per heavy atom. The molecule has 4 nitrogen and oxygen atoms in total. The number of aldehydes is 1. The van der Waals surface area contributed by atoms with E-state index < -0.39 is 0 Å². The van der Waals surface area contributed by atoms with Crippen LogP contribution >= 0.6 is 0 Å². The second kappa shape index (κ2) is 5.31. The van der Waals surface area contributed by atoms with E-state index in [1.54, 1.807) is 6.07 Å².